The number of fused-ring (bicyclic) bond motifs is 1. The maximum atomic E-state index is 12.3. The Morgan fingerprint density at radius 3 is 2.81 bits per heavy atom. The van der Waals surface area contributed by atoms with Crippen LogP contribution in [0.25, 0.3) is 10.2 Å². The zero-order valence-corrected chi connectivity index (χ0v) is 15.3. The van der Waals surface area contributed by atoms with Crippen molar-refractivity contribution < 1.29 is 24.3 Å². The summed E-state index contributed by atoms with van der Waals surface area (Å²) in [6, 6.07) is 5.57. The Labute approximate surface area is 158 Å². The van der Waals surface area contributed by atoms with Crippen LogP contribution in [0.5, 0.6) is 0 Å². The molecule has 1 fully saturated rings. The van der Waals surface area contributed by atoms with E-state index < -0.39 is 30.2 Å². The fraction of sp³-hybridized carbons (Fsp3) is 0.353. The molecule has 1 atom stereocenters. The number of carbonyl (C=O) groups is 4. The molecule has 1 aliphatic rings. The lowest BCUT2D eigenvalue weighted by atomic mass is 10.1. The minimum atomic E-state index is -1.17. The van der Waals surface area contributed by atoms with E-state index in [0.717, 1.165) is 15.2 Å². The van der Waals surface area contributed by atoms with Crippen LogP contribution < -0.4 is 15.5 Å². The zero-order chi connectivity index (χ0) is 19.6. The van der Waals surface area contributed by atoms with Gasteiger partial charge in [0.05, 0.1) is 27.7 Å². The van der Waals surface area contributed by atoms with Crippen LogP contribution in [0.1, 0.15) is 11.4 Å². The number of thiazole rings is 1. The number of nitrogens with zero attached hydrogens (tertiary/aromatic N) is 2. The summed E-state index contributed by atoms with van der Waals surface area (Å²) in [4.78, 5) is 52.4. The fourth-order valence-electron chi connectivity index (χ4n) is 2.88. The van der Waals surface area contributed by atoms with Gasteiger partial charge in [-0.05, 0) is 25.1 Å². The SMILES string of the molecule is Cc1nc2cc(N3CC(C(=O)NCC(=O)NCC(=O)O)CC3=O)ccc2s1. The number of carboxylic acids is 1. The predicted octanol–water partition coefficient (Wildman–Crippen LogP) is 0.275. The van der Waals surface area contributed by atoms with Crippen LogP contribution in [0.3, 0.4) is 0 Å². The highest BCUT2D eigenvalue weighted by Gasteiger charge is 2.35. The van der Waals surface area contributed by atoms with Gasteiger partial charge < -0.3 is 20.6 Å². The van der Waals surface area contributed by atoms with E-state index in [1.807, 2.05) is 25.1 Å². The number of carboxylic acid groups (broad SMARTS) is 1. The highest BCUT2D eigenvalue weighted by atomic mass is 32.1. The van der Waals surface area contributed by atoms with Crippen LogP contribution >= 0.6 is 11.3 Å². The van der Waals surface area contributed by atoms with Crippen molar-refractivity contribution in [1.82, 2.24) is 15.6 Å². The van der Waals surface area contributed by atoms with Crippen LogP contribution in [0.4, 0.5) is 5.69 Å². The lowest BCUT2D eigenvalue weighted by molar-refractivity contribution is -0.137. The lowest BCUT2D eigenvalue weighted by Crippen LogP contribution is -2.41. The second-order valence-corrected chi connectivity index (χ2v) is 7.41. The molecule has 3 amide bonds. The number of amides is 3. The minimum absolute atomic E-state index is 0.0523. The number of nitrogens with one attached hydrogen (secondary N) is 2. The van der Waals surface area contributed by atoms with E-state index in [1.54, 1.807) is 16.2 Å². The van der Waals surface area contributed by atoms with Crippen LogP contribution in [-0.4, -0.2) is 53.4 Å². The molecule has 1 saturated heterocycles. The summed E-state index contributed by atoms with van der Waals surface area (Å²) in [7, 11) is 0. The van der Waals surface area contributed by atoms with Crippen molar-refractivity contribution in [3.63, 3.8) is 0 Å². The molecule has 1 aliphatic heterocycles. The Bertz CT molecular complexity index is 925. The Hall–Kier alpha value is -3.01. The van der Waals surface area contributed by atoms with E-state index in [-0.39, 0.29) is 25.4 Å². The molecule has 1 aromatic carbocycles. The Morgan fingerprint density at radius 1 is 1.30 bits per heavy atom. The van der Waals surface area contributed by atoms with Crippen LogP contribution in [0.2, 0.25) is 0 Å². The van der Waals surface area contributed by atoms with E-state index in [1.165, 1.54) is 0 Å². The van der Waals surface area contributed by atoms with Crippen molar-refractivity contribution in [3.8, 4) is 0 Å². The fourth-order valence-corrected chi connectivity index (χ4v) is 3.69. The van der Waals surface area contributed by atoms with E-state index in [9.17, 15) is 19.2 Å². The number of rotatable bonds is 6. The molecule has 27 heavy (non-hydrogen) atoms. The topological polar surface area (TPSA) is 129 Å². The predicted molar refractivity (Wildman–Crippen MR) is 98.5 cm³/mol. The number of carbonyl (C=O) groups excluding carboxylic acids is 3. The standard InChI is InChI=1S/C17H18N4O5S/c1-9-20-12-5-11(2-3-13(12)27-9)21-8-10(4-15(21)23)17(26)19-6-14(22)18-7-16(24)25/h2-3,5,10H,4,6-8H2,1H3,(H,18,22)(H,19,26)(H,24,25). The molecule has 9 nitrogen and oxygen atoms in total. The second kappa shape index (κ2) is 7.70. The molecule has 3 N–H and O–H groups in total. The lowest BCUT2D eigenvalue weighted by Gasteiger charge is -2.16. The monoisotopic (exact) mass is 390 g/mol. The van der Waals surface area contributed by atoms with Crippen molar-refractivity contribution in [2.24, 2.45) is 5.92 Å². The van der Waals surface area contributed by atoms with Gasteiger partial charge in [-0.15, -0.1) is 11.3 Å². The largest absolute Gasteiger partial charge is 0.480 e. The Kier molecular flexibility index (Phi) is 5.36. The molecule has 0 bridgehead atoms. The first-order valence-electron chi connectivity index (χ1n) is 8.27. The highest BCUT2D eigenvalue weighted by Crippen LogP contribution is 2.30. The van der Waals surface area contributed by atoms with E-state index >= 15 is 0 Å². The molecule has 10 heteroatoms. The first-order valence-corrected chi connectivity index (χ1v) is 9.09. The minimum Gasteiger partial charge on any atom is -0.480 e. The smallest absolute Gasteiger partial charge is 0.322 e. The van der Waals surface area contributed by atoms with Gasteiger partial charge in [-0.25, -0.2) is 4.98 Å². The molecule has 1 aromatic heterocycles. The van der Waals surface area contributed by atoms with Crippen molar-refractivity contribution >= 4 is 50.9 Å². The number of anilines is 1. The highest BCUT2D eigenvalue weighted by molar-refractivity contribution is 7.18. The van der Waals surface area contributed by atoms with Gasteiger partial charge in [0.15, 0.2) is 0 Å². The van der Waals surface area contributed by atoms with Crippen molar-refractivity contribution in [3.05, 3.63) is 23.2 Å². The zero-order valence-electron chi connectivity index (χ0n) is 14.5. The first kappa shape index (κ1) is 18.8. The first-order chi connectivity index (χ1) is 12.8. The van der Waals surface area contributed by atoms with Gasteiger partial charge in [0, 0.05) is 18.7 Å². The van der Waals surface area contributed by atoms with Gasteiger partial charge in [0.2, 0.25) is 17.7 Å². The van der Waals surface area contributed by atoms with Gasteiger partial charge >= 0.3 is 5.97 Å². The molecule has 142 valence electrons. The van der Waals surface area contributed by atoms with Gasteiger partial charge in [-0.1, -0.05) is 0 Å². The second-order valence-electron chi connectivity index (χ2n) is 6.18. The van der Waals surface area contributed by atoms with Crippen molar-refractivity contribution in [2.75, 3.05) is 24.5 Å². The third-order valence-electron chi connectivity index (χ3n) is 4.15. The Morgan fingerprint density at radius 2 is 2.07 bits per heavy atom. The number of hydrogen-bond donors (Lipinski definition) is 3. The van der Waals surface area contributed by atoms with E-state index in [2.05, 4.69) is 15.6 Å². The normalized spacial score (nSPS) is 16.6. The molecule has 0 spiro atoms. The van der Waals surface area contributed by atoms with Crippen molar-refractivity contribution in [2.45, 2.75) is 13.3 Å². The summed E-state index contributed by atoms with van der Waals surface area (Å²) in [5, 5.41) is 14.0. The average Bonchev–Trinajstić information content (AvgIpc) is 3.18. The third kappa shape index (κ3) is 4.40. The summed E-state index contributed by atoms with van der Waals surface area (Å²) in [5.41, 5.74) is 1.50. The van der Waals surface area contributed by atoms with Gasteiger partial charge in [0.1, 0.15) is 6.54 Å². The number of benzene rings is 1. The number of aliphatic carboxylic acids is 1. The summed E-state index contributed by atoms with van der Waals surface area (Å²) >= 11 is 1.57. The molecule has 0 radical (unpaired) electrons. The third-order valence-corrected chi connectivity index (χ3v) is 5.10. The Balaban J connectivity index is 1.59. The number of hydrogen-bond acceptors (Lipinski definition) is 6. The van der Waals surface area contributed by atoms with E-state index in [0.29, 0.717) is 5.69 Å². The average molecular weight is 390 g/mol. The van der Waals surface area contributed by atoms with Gasteiger partial charge in [-0.2, -0.15) is 0 Å². The van der Waals surface area contributed by atoms with Gasteiger partial charge in [-0.3, -0.25) is 19.2 Å². The van der Waals surface area contributed by atoms with E-state index in [4.69, 9.17) is 5.11 Å². The summed E-state index contributed by atoms with van der Waals surface area (Å²) in [6.45, 7) is 1.29. The summed E-state index contributed by atoms with van der Waals surface area (Å²) in [6.07, 6.45) is 0.0523. The van der Waals surface area contributed by atoms with Crippen LogP contribution in [-0.2, 0) is 19.2 Å². The van der Waals surface area contributed by atoms with Gasteiger partial charge in [0.25, 0.3) is 0 Å². The summed E-state index contributed by atoms with van der Waals surface area (Å²) < 4.78 is 1.03. The van der Waals surface area contributed by atoms with Crippen LogP contribution in [0, 0.1) is 12.8 Å². The molecular formula is C17H18N4O5S. The molecule has 3 rings (SSSR count). The molecule has 1 unspecified atom stereocenters. The maximum absolute atomic E-state index is 12.3. The maximum Gasteiger partial charge on any atom is 0.322 e. The number of aryl methyl sites for hydroxylation is 1. The van der Waals surface area contributed by atoms with Crippen molar-refractivity contribution in [1.29, 1.82) is 0 Å². The molecular weight excluding hydrogens is 372 g/mol. The van der Waals surface area contributed by atoms with Crippen LogP contribution in [0.15, 0.2) is 18.2 Å². The quantitative estimate of drug-likeness (QED) is 0.650. The number of aromatic nitrogens is 1. The molecule has 0 aliphatic carbocycles. The molecule has 0 saturated carbocycles. The summed E-state index contributed by atoms with van der Waals surface area (Å²) in [5.74, 6) is -2.92. The molecule has 2 heterocycles. The molecule has 2 aromatic rings.